The molecule has 3 fully saturated rings. The third kappa shape index (κ3) is 3.48. The van der Waals surface area contributed by atoms with Crippen molar-refractivity contribution in [1.29, 1.82) is 0 Å². The quantitative estimate of drug-likeness (QED) is 0.909. The average molecular weight is 361 g/mol. The number of benzene rings is 1. The van der Waals surface area contributed by atoms with E-state index in [9.17, 15) is 4.79 Å². The van der Waals surface area contributed by atoms with Gasteiger partial charge in [0, 0.05) is 23.0 Å². The maximum absolute atomic E-state index is 12.5. The van der Waals surface area contributed by atoms with Crippen LogP contribution in [0.1, 0.15) is 28.2 Å². The highest BCUT2D eigenvalue weighted by Crippen LogP contribution is 2.30. The molecule has 24 heavy (non-hydrogen) atoms. The summed E-state index contributed by atoms with van der Waals surface area (Å²) in [6, 6.07) is 8.05. The van der Waals surface area contributed by atoms with Crippen LogP contribution < -0.4 is 5.32 Å². The van der Waals surface area contributed by atoms with Gasteiger partial charge in [-0.2, -0.15) is 0 Å². The number of hydrogen-bond donors (Lipinski definition) is 1. The van der Waals surface area contributed by atoms with Crippen molar-refractivity contribution in [3.05, 3.63) is 34.8 Å². The smallest absolute Gasteiger partial charge is 0.251 e. The number of amides is 1. The number of piperidine rings is 3. The number of aryl methyl sites for hydroxylation is 1. The Hall–Kier alpha value is -1.44. The summed E-state index contributed by atoms with van der Waals surface area (Å²) in [5, 5.41) is 12.3. The van der Waals surface area contributed by atoms with Crippen LogP contribution in [0.2, 0.25) is 0 Å². The minimum absolute atomic E-state index is 0.0389. The van der Waals surface area contributed by atoms with Crippen LogP contribution in [-0.2, 0) is 0 Å². The summed E-state index contributed by atoms with van der Waals surface area (Å²) in [4.78, 5) is 16.0. The molecule has 1 atom stereocenters. The molecule has 7 heteroatoms. The number of nitrogens with one attached hydrogen (secondary N) is 1. The summed E-state index contributed by atoms with van der Waals surface area (Å²) in [7, 11) is 0. The summed E-state index contributed by atoms with van der Waals surface area (Å²) in [6.45, 7) is 5.33. The van der Waals surface area contributed by atoms with E-state index in [0.29, 0.717) is 12.0 Å². The third-order valence-corrected chi connectivity index (χ3v) is 6.70. The van der Waals surface area contributed by atoms with E-state index in [1.54, 1.807) is 23.1 Å². The highest BCUT2D eigenvalue weighted by Gasteiger charge is 2.34. The van der Waals surface area contributed by atoms with Gasteiger partial charge in [-0.25, -0.2) is 0 Å². The maximum Gasteiger partial charge on any atom is 0.251 e. The Labute approximate surface area is 149 Å². The lowest BCUT2D eigenvalue weighted by Crippen LogP contribution is -2.57. The SMILES string of the molecule is Cc1nnc(Sc2ccc(C(=O)N[C@H]3CN4CCC3CC4)cc2)s1. The van der Waals surface area contributed by atoms with E-state index in [1.807, 2.05) is 31.2 Å². The molecule has 0 unspecified atom stereocenters. The topological polar surface area (TPSA) is 58.1 Å². The Morgan fingerprint density at radius 3 is 2.58 bits per heavy atom. The third-order valence-electron chi connectivity index (χ3n) is 4.80. The fourth-order valence-electron chi connectivity index (χ4n) is 3.48. The zero-order chi connectivity index (χ0) is 16.5. The van der Waals surface area contributed by atoms with E-state index in [2.05, 4.69) is 20.4 Å². The van der Waals surface area contributed by atoms with Crippen molar-refractivity contribution in [3.63, 3.8) is 0 Å². The summed E-state index contributed by atoms with van der Waals surface area (Å²) in [5.41, 5.74) is 0.726. The molecular formula is C17H20N4OS2. The minimum atomic E-state index is 0.0389. The standard InChI is InChI=1S/C17H20N4OS2/c1-11-19-20-17(23-11)24-14-4-2-13(3-5-14)16(22)18-15-10-21-8-6-12(15)7-9-21/h2-5,12,15H,6-10H2,1H3,(H,18,22)/t15-/m0/s1. The molecule has 3 saturated heterocycles. The van der Waals surface area contributed by atoms with Crippen LogP contribution in [0.4, 0.5) is 0 Å². The molecule has 1 aromatic carbocycles. The van der Waals surface area contributed by atoms with Gasteiger partial charge in [0.1, 0.15) is 5.01 Å². The molecule has 0 aliphatic carbocycles. The van der Waals surface area contributed by atoms with Crippen LogP contribution in [0.15, 0.2) is 33.5 Å². The molecule has 2 bridgehead atoms. The molecule has 1 amide bonds. The van der Waals surface area contributed by atoms with Crippen LogP contribution in [-0.4, -0.2) is 46.7 Å². The van der Waals surface area contributed by atoms with Crippen molar-refractivity contribution in [2.24, 2.45) is 5.92 Å². The van der Waals surface area contributed by atoms with Crippen LogP contribution in [0.3, 0.4) is 0 Å². The summed E-state index contributed by atoms with van der Waals surface area (Å²) in [6.07, 6.45) is 2.42. The molecule has 3 aliphatic rings. The van der Waals surface area contributed by atoms with Gasteiger partial charge in [-0.1, -0.05) is 23.1 Å². The molecule has 1 N–H and O–H groups in total. The first kappa shape index (κ1) is 16.1. The highest BCUT2D eigenvalue weighted by atomic mass is 32.2. The molecule has 0 spiro atoms. The van der Waals surface area contributed by atoms with Crippen molar-refractivity contribution >= 4 is 29.0 Å². The zero-order valence-corrected chi connectivity index (χ0v) is 15.2. The van der Waals surface area contributed by atoms with Crippen LogP contribution in [0.25, 0.3) is 0 Å². The fraction of sp³-hybridized carbons (Fsp3) is 0.471. The van der Waals surface area contributed by atoms with Crippen LogP contribution >= 0.6 is 23.1 Å². The van der Waals surface area contributed by atoms with Gasteiger partial charge in [-0.3, -0.25) is 4.79 Å². The second-order valence-electron chi connectivity index (χ2n) is 6.43. The lowest BCUT2D eigenvalue weighted by molar-refractivity contribution is 0.0620. The maximum atomic E-state index is 12.5. The van der Waals surface area contributed by atoms with Crippen LogP contribution in [0, 0.1) is 12.8 Å². The number of hydrogen-bond acceptors (Lipinski definition) is 6. The van der Waals surface area contributed by atoms with E-state index in [1.165, 1.54) is 25.9 Å². The number of fused-ring (bicyclic) bond motifs is 3. The van der Waals surface area contributed by atoms with Crippen molar-refractivity contribution in [3.8, 4) is 0 Å². The molecule has 1 aromatic heterocycles. The fourth-order valence-corrected chi connectivity index (χ4v) is 5.26. The summed E-state index contributed by atoms with van der Waals surface area (Å²) < 4.78 is 0.928. The van der Waals surface area contributed by atoms with E-state index < -0.39 is 0 Å². The molecule has 0 radical (unpaired) electrons. The van der Waals surface area contributed by atoms with Gasteiger partial charge in [-0.15, -0.1) is 10.2 Å². The highest BCUT2D eigenvalue weighted by molar-refractivity contribution is 8.01. The molecule has 4 heterocycles. The van der Waals surface area contributed by atoms with E-state index in [4.69, 9.17) is 0 Å². The van der Waals surface area contributed by atoms with Crippen molar-refractivity contribution in [2.75, 3.05) is 19.6 Å². The normalized spacial score (nSPS) is 25.6. The van der Waals surface area contributed by atoms with Gasteiger partial charge in [0.15, 0.2) is 4.34 Å². The zero-order valence-electron chi connectivity index (χ0n) is 13.6. The lowest BCUT2D eigenvalue weighted by Gasteiger charge is -2.44. The molecular weight excluding hydrogens is 340 g/mol. The predicted octanol–water partition coefficient (Wildman–Crippen LogP) is 2.82. The van der Waals surface area contributed by atoms with Gasteiger partial charge >= 0.3 is 0 Å². The summed E-state index contributed by atoms with van der Waals surface area (Å²) >= 11 is 3.16. The second-order valence-corrected chi connectivity index (χ2v) is 8.93. The number of rotatable bonds is 4. The summed E-state index contributed by atoms with van der Waals surface area (Å²) in [5.74, 6) is 0.687. The first-order valence-corrected chi connectivity index (χ1v) is 9.92. The Morgan fingerprint density at radius 2 is 2.00 bits per heavy atom. The Morgan fingerprint density at radius 1 is 1.25 bits per heavy atom. The van der Waals surface area contributed by atoms with Gasteiger partial charge in [0.25, 0.3) is 5.91 Å². The van der Waals surface area contributed by atoms with Gasteiger partial charge in [0.05, 0.1) is 0 Å². The monoisotopic (exact) mass is 360 g/mol. The van der Waals surface area contributed by atoms with Gasteiger partial charge in [-0.05, 0) is 63.0 Å². The number of carbonyl (C=O) groups excluding carboxylic acids is 1. The number of aromatic nitrogens is 2. The number of nitrogens with zero attached hydrogens (tertiary/aromatic N) is 3. The van der Waals surface area contributed by atoms with Crippen molar-refractivity contribution < 1.29 is 4.79 Å². The second kappa shape index (κ2) is 6.82. The van der Waals surface area contributed by atoms with Gasteiger partial charge < -0.3 is 10.2 Å². The Balaban J connectivity index is 1.38. The molecule has 2 aromatic rings. The van der Waals surface area contributed by atoms with Crippen LogP contribution in [0.5, 0.6) is 0 Å². The predicted molar refractivity (Wildman–Crippen MR) is 95.6 cm³/mol. The largest absolute Gasteiger partial charge is 0.348 e. The lowest BCUT2D eigenvalue weighted by atomic mass is 9.84. The van der Waals surface area contributed by atoms with Gasteiger partial charge in [0.2, 0.25) is 0 Å². The molecule has 3 aliphatic heterocycles. The van der Waals surface area contributed by atoms with E-state index in [0.717, 1.165) is 26.4 Å². The Kier molecular flexibility index (Phi) is 4.56. The first-order chi connectivity index (χ1) is 11.7. The Bertz CT molecular complexity index is 722. The molecule has 0 saturated carbocycles. The minimum Gasteiger partial charge on any atom is -0.348 e. The molecule has 5 rings (SSSR count). The van der Waals surface area contributed by atoms with Crippen molar-refractivity contribution in [2.45, 2.75) is 35.0 Å². The number of carbonyl (C=O) groups is 1. The van der Waals surface area contributed by atoms with Crippen molar-refractivity contribution in [1.82, 2.24) is 20.4 Å². The first-order valence-electron chi connectivity index (χ1n) is 8.28. The molecule has 5 nitrogen and oxygen atoms in total. The average Bonchev–Trinajstić information content (AvgIpc) is 3.01. The molecule has 126 valence electrons. The van der Waals surface area contributed by atoms with E-state index in [-0.39, 0.29) is 5.91 Å². The van der Waals surface area contributed by atoms with E-state index >= 15 is 0 Å².